The molecule has 1 saturated heterocycles. The standard InChI is InChI=1S/C22H28FN3O5S/c1-15-6-9-17(10-7-15)32(29,30)24-13-12-16-8-11-20(21(14-27)31-16)26-22(28)25-19-5-3-2-4-18(19)23/h2-7,9-10,16,20-21,24,27H,8,11-14H2,1H3,(H2,25,26,28)/t16-,20+,21+/m1/s1. The number of amides is 2. The van der Waals surface area contributed by atoms with E-state index in [1.54, 1.807) is 30.3 Å². The lowest BCUT2D eigenvalue weighted by Crippen LogP contribution is -2.52. The van der Waals surface area contributed by atoms with Crippen molar-refractivity contribution in [3.8, 4) is 0 Å². The van der Waals surface area contributed by atoms with Crippen LogP contribution in [0.1, 0.15) is 24.8 Å². The molecule has 1 aliphatic rings. The molecule has 0 spiro atoms. The second kappa shape index (κ2) is 10.9. The molecule has 0 bridgehead atoms. The number of sulfonamides is 1. The topological polar surface area (TPSA) is 117 Å². The lowest BCUT2D eigenvalue weighted by Gasteiger charge is -2.36. The number of nitrogens with one attached hydrogen (secondary N) is 3. The number of aliphatic hydroxyl groups excluding tert-OH is 1. The Hall–Kier alpha value is -2.53. The number of anilines is 1. The molecular weight excluding hydrogens is 437 g/mol. The normalized spacial score (nSPS) is 21.2. The predicted octanol–water partition coefficient (Wildman–Crippen LogP) is 2.53. The van der Waals surface area contributed by atoms with Crippen LogP contribution in [0.15, 0.2) is 53.4 Å². The highest BCUT2D eigenvalue weighted by Gasteiger charge is 2.32. The number of ether oxygens (including phenoxy) is 1. The summed E-state index contributed by atoms with van der Waals surface area (Å²) in [5, 5.41) is 14.8. The van der Waals surface area contributed by atoms with E-state index in [4.69, 9.17) is 4.74 Å². The summed E-state index contributed by atoms with van der Waals surface area (Å²) in [5.74, 6) is -0.547. The third-order valence-electron chi connectivity index (χ3n) is 5.32. The van der Waals surface area contributed by atoms with E-state index in [0.717, 1.165) is 5.56 Å². The molecule has 4 N–H and O–H groups in total. The number of rotatable bonds is 8. The number of hydrogen-bond donors (Lipinski definition) is 4. The molecular formula is C22H28FN3O5S. The van der Waals surface area contributed by atoms with Gasteiger partial charge in [0, 0.05) is 6.54 Å². The molecule has 10 heteroatoms. The Morgan fingerprint density at radius 3 is 2.56 bits per heavy atom. The predicted molar refractivity (Wildman–Crippen MR) is 118 cm³/mol. The van der Waals surface area contributed by atoms with Gasteiger partial charge in [0.15, 0.2) is 0 Å². The Morgan fingerprint density at radius 1 is 1.16 bits per heavy atom. The number of halogens is 1. The number of carbonyl (C=O) groups excluding carboxylic acids is 1. The molecule has 0 saturated carbocycles. The zero-order valence-electron chi connectivity index (χ0n) is 17.8. The zero-order chi connectivity index (χ0) is 23.1. The fourth-order valence-corrected chi connectivity index (χ4v) is 4.60. The lowest BCUT2D eigenvalue weighted by atomic mass is 9.97. The van der Waals surface area contributed by atoms with Crippen LogP contribution in [0.25, 0.3) is 0 Å². The molecule has 3 atom stereocenters. The van der Waals surface area contributed by atoms with Crippen molar-refractivity contribution < 1.29 is 27.4 Å². The van der Waals surface area contributed by atoms with Gasteiger partial charge in [-0.1, -0.05) is 29.8 Å². The van der Waals surface area contributed by atoms with Crippen molar-refractivity contribution in [2.75, 3.05) is 18.5 Å². The molecule has 1 aliphatic heterocycles. The molecule has 0 aromatic heterocycles. The largest absolute Gasteiger partial charge is 0.394 e. The maximum atomic E-state index is 13.7. The van der Waals surface area contributed by atoms with Crippen molar-refractivity contribution in [3.05, 3.63) is 59.9 Å². The molecule has 2 amide bonds. The second-order valence-electron chi connectivity index (χ2n) is 7.74. The quantitative estimate of drug-likeness (QED) is 0.478. The lowest BCUT2D eigenvalue weighted by molar-refractivity contribution is -0.0884. The molecule has 174 valence electrons. The first kappa shape index (κ1) is 24.1. The first-order chi connectivity index (χ1) is 15.3. The van der Waals surface area contributed by atoms with Crippen molar-refractivity contribution in [2.45, 2.75) is 49.3 Å². The van der Waals surface area contributed by atoms with Gasteiger partial charge in [0.1, 0.15) is 11.9 Å². The summed E-state index contributed by atoms with van der Waals surface area (Å²) < 4.78 is 46.9. The van der Waals surface area contributed by atoms with E-state index in [1.807, 2.05) is 6.92 Å². The van der Waals surface area contributed by atoms with Gasteiger partial charge in [-0.2, -0.15) is 0 Å². The van der Waals surface area contributed by atoms with Crippen molar-refractivity contribution in [2.24, 2.45) is 0 Å². The second-order valence-corrected chi connectivity index (χ2v) is 9.51. The smallest absolute Gasteiger partial charge is 0.319 e. The van der Waals surface area contributed by atoms with Gasteiger partial charge in [0.05, 0.1) is 29.3 Å². The first-order valence-corrected chi connectivity index (χ1v) is 11.9. The Morgan fingerprint density at radius 2 is 1.88 bits per heavy atom. The maximum Gasteiger partial charge on any atom is 0.319 e. The summed E-state index contributed by atoms with van der Waals surface area (Å²) in [6.07, 6.45) is 0.628. The molecule has 3 rings (SSSR count). The van der Waals surface area contributed by atoms with Gasteiger partial charge in [-0.25, -0.2) is 22.3 Å². The van der Waals surface area contributed by atoms with Gasteiger partial charge in [0.25, 0.3) is 0 Å². The van der Waals surface area contributed by atoms with Gasteiger partial charge in [0.2, 0.25) is 10.0 Å². The van der Waals surface area contributed by atoms with E-state index in [0.29, 0.717) is 19.3 Å². The summed E-state index contributed by atoms with van der Waals surface area (Å²) in [5.41, 5.74) is 1.03. The Balaban J connectivity index is 1.47. The van der Waals surface area contributed by atoms with Crippen molar-refractivity contribution in [1.82, 2.24) is 10.0 Å². The van der Waals surface area contributed by atoms with E-state index >= 15 is 0 Å². The number of para-hydroxylation sites is 1. The van der Waals surface area contributed by atoms with Crippen LogP contribution >= 0.6 is 0 Å². The minimum Gasteiger partial charge on any atom is -0.394 e. The summed E-state index contributed by atoms with van der Waals surface area (Å²) in [7, 11) is -3.61. The molecule has 0 aliphatic carbocycles. The average molecular weight is 466 g/mol. The third kappa shape index (κ3) is 6.49. The SMILES string of the molecule is Cc1ccc(S(=O)(=O)NCC[C@H]2CC[C@H](NC(=O)Nc3ccccc3F)[C@H](CO)O2)cc1. The van der Waals surface area contributed by atoms with Crippen LogP contribution in [0.3, 0.4) is 0 Å². The van der Waals surface area contributed by atoms with Crippen LogP contribution in [0, 0.1) is 12.7 Å². The molecule has 0 unspecified atom stereocenters. The van der Waals surface area contributed by atoms with Gasteiger partial charge in [-0.15, -0.1) is 0 Å². The van der Waals surface area contributed by atoms with E-state index in [2.05, 4.69) is 15.4 Å². The fraction of sp³-hybridized carbons (Fsp3) is 0.409. The Bertz CT molecular complexity index is 1020. The van der Waals surface area contributed by atoms with E-state index in [1.165, 1.54) is 18.2 Å². The number of aliphatic hydroxyl groups is 1. The molecule has 1 fully saturated rings. The van der Waals surface area contributed by atoms with Crippen LogP contribution in [-0.2, 0) is 14.8 Å². The minimum atomic E-state index is -3.61. The van der Waals surface area contributed by atoms with E-state index < -0.39 is 34.0 Å². The van der Waals surface area contributed by atoms with E-state index in [-0.39, 0.29) is 29.8 Å². The number of benzene rings is 2. The fourth-order valence-electron chi connectivity index (χ4n) is 3.55. The molecule has 32 heavy (non-hydrogen) atoms. The zero-order valence-corrected chi connectivity index (χ0v) is 18.6. The highest BCUT2D eigenvalue weighted by atomic mass is 32.2. The van der Waals surface area contributed by atoms with E-state index in [9.17, 15) is 22.7 Å². The Kier molecular flexibility index (Phi) is 8.19. The van der Waals surface area contributed by atoms with Crippen molar-refractivity contribution >= 4 is 21.7 Å². The van der Waals surface area contributed by atoms with Gasteiger partial charge >= 0.3 is 6.03 Å². The average Bonchev–Trinajstić information content (AvgIpc) is 2.76. The number of aryl methyl sites for hydroxylation is 1. The van der Waals surface area contributed by atoms with Crippen LogP contribution in [-0.4, -0.2) is 51.0 Å². The van der Waals surface area contributed by atoms with Crippen LogP contribution in [0.2, 0.25) is 0 Å². The molecule has 0 radical (unpaired) electrons. The molecule has 1 heterocycles. The van der Waals surface area contributed by atoms with Crippen LogP contribution < -0.4 is 15.4 Å². The van der Waals surface area contributed by atoms with Gasteiger partial charge in [-0.05, 0) is 50.5 Å². The van der Waals surface area contributed by atoms with Crippen molar-refractivity contribution in [3.63, 3.8) is 0 Å². The highest BCUT2D eigenvalue weighted by Crippen LogP contribution is 2.22. The van der Waals surface area contributed by atoms with Crippen molar-refractivity contribution in [1.29, 1.82) is 0 Å². The summed E-state index contributed by atoms with van der Waals surface area (Å²) in [6, 6.07) is 11.4. The third-order valence-corrected chi connectivity index (χ3v) is 6.80. The number of hydrogen-bond acceptors (Lipinski definition) is 5. The molecule has 2 aromatic carbocycles. The monoisotopic (exact) mass is 465 g/mol. The molecule has 2 aromatic rings. The Labute approximate surface area is 187 Å². The molecule has 8 nitrogen and oxygen atoms in total. The number of carbonyl (C=O) groups is 1. The van der Waals surface area contributed by atoms with Gasteiger partial charge in [-0.3, -0.25) is 0 Å². The minimum absolute atomic E-state index is 0.0565. The summed E-state index contributed by atoms with van der Waals surface area (Å²) >= 11 is 0. The number of urea groups is 1. The van der Waals surface area contributed by atoms with Crippen LogP contribution in [0.4, 0.5) is 14.9 Å². The first-order valence-electron chi connectivity index (χ1n) is 10.4. The maximum absolute atomic E-state index is 13.7. The summed E-state index contributed by atoms with van der Waals surface area (Å²) in [6.45, 7) is 1.76. The highest BCUT2D eigenvalue weighted by molar-refractivity contribution is 7.89. The van der Waals surface area contributed by atoms with Crippen LogP contribution in [0.5, 0.6) is 0 Å². The summed E-state index contributed by atoms with van der Waals surface area (Å²) in [4.78, 5) is 12.4. The van der Waals surface area contributed by atoms with Gasteiger partial charge < -0.3 is 20.5 Å².